The minimum Gasteiger partial charge on any atom is -0.379 e. The van der Waals surface area contributed by atoms with Gasteiger partial charge in [-0.2, -0.15) is 0 Å². The molecular formula is C14H23N5O2. The van der Waals surface area contributed by atoms with E-state index in [1.165, 1.54) is 0 Å². The fraction of sp³-hybridized carbons (Fsp3) is 0.571. The first kappa shape index (κ1) is 15.5. The molecule has 1 aliphatic rings. The zero-order valence-electron chi connectivity index (χ0n) is 12.6. The van der Waals surface area contributed by atoms with Gasteiger partial charge in [-0.05, 0) is 12.1 Å². The Bertz CT molecular complexity index is 443. The highest BCUT2D eigenvalue weighted by atomic mass is 16.5. The zero-order chi connectivity index (χ0) is 15.1. The van der Waals surface area contributed by atoms with Crippen molar-refractivity contribution in [2.45, 2.75) is 0 Å². The number of morpholine rings is 1. The maximum atomic E-state index is 11.8. The number of ether oxygens (including phenoxy) is 1. The van der Waals surface area contributed by atoms with Crippen LogP contribution in [0.3, 0.4) is 0 Å². The molecule has 7 nitrogen and oxygen atoms in total. The highest BCUT2D eigenvalue weighted by Crippen LogP contribution is 2.11. The number of nitrogens with zero attached hydrogens (tertiary/aromatic N) is 3. The van der Waals surface area contributed by atoms with E-state index in [0.717, 1.165) is 38.7 Å². The van der Waals surface area contributed by atoms with Crippen LogP contribution in [0.15, 0.2) is 18.3 Å². The molecule has 1 aromatic rings. The third-order valence-electron chi connectivity index (χ3n) is 3.28. The van der Waals surface area contributed by atoms with Crippen molar-refractivity contribution in [3.8, 4) is 0 Å². The first-order valence-electron chi connectivity index (χ1n) is 7.13. The minimum absolute atomic E-state index is 0.206. The van der Waals surface area contributed by atoms with Crippen LogP contribution in [0.25, 0.3) is 0 Å². The highest BCUT2D eigenvalue weighted by molar-refractivity contribution is 5.89. The van der Waals surface area contributed by atoms with Gasteiger partial charge in [0.05, 0.1) is 25.1 Å². The van der Waals surface area contributed by atoms with E-state index in [-0.39, 0.29) is 6.03 Å². The summed E-state index contributed by atoms with van der Waals surface area (Å²) in [7, 11) is 3.85. The molecule has 0 radical (unpaired) electrons. The largest absolute Gasteiger partial charge is 0.379 e. The van der Waals surface area contributed by atoms with Crippen molar-refractivity contribution >= 4 is 17.5 Å². The molecule has 0 saturated carbocycles. The Kier molecular flexibility index (Phi) is 5.77. The highest BCUT2D eigenvalue weighted by Gasteiger charge is 2.10. The van der Waals surface area contributed by atoms with E-state index in [0.29, 0.717) is 12.2 Å². The van der Waals surface area contributed by atoms with E-state index in [1.54, 1.807) is 6.20 Å². The third kappa shape index (κ3) is 5.20. The van der Waals surface area contributed by atoms with Crippen molar-refractivity contribution in [2.24, 2.45) is 0 Å². The number of pyridine rings is 1. The van der Waals surface area contributed by atoms with E-state index in [1.807, 2.05) is 31.1 Å². The Hall–Kier alpha value is -1.86. The predicted molar refractivity (Wildman–Crippen MR) is 82.8 cm³/mol. The van der Waals surface area contributed by atoms with Crippen LogP contribution < -0.4 is 15.5 Å². The number of hydrogen-bond donors (Lipinski definition) is 2. The van der Waals surface area contributed by atoms with Gasteiger partial charge in [-0.25, -0.2) is 9.78 Å². The molecule has 1 aliphatic heterocycles. The Labute approximate surface area is 125 Å². The molecule has 1 fully saturated rings. The van der Waals surface area contributed by atoms with Gasteiger partial charge in [-0.15, -0.1) is 0 Å². The molecule has 2 N–H and O–H groups in total. The van der Waals surface area contributed by atoms with Crippen molar-refractivity contribution < 1.29 is 9.53 Å². The molecule has 116 valence electrons. The number of rotatable bonds is 5. The number of carbonyl (C=O) groups is 1. The number of nitrogens with one attached hydrogen (secondary N) is 2. The Morgan fingerprint density at radius 2 is 2.14 bits per heavy atom. The molecule has 0 aliphatic carbocycles. The quantitative estimate of drug-likeness (QED) is 0.832. The Balaban J connectivity index is 1.68. The standard InChI is InChI=1S/C14H23N5O2/c1-18(2)13-4-3-12(11-16-13)17-14(20)15-5-6-19-7-9-21-10-8-19/h3-4,11H,5-10H2,1-2H3,(H2,15,17,20). The van der Waals surface area contributed by atoms with Gasteiger partial charge in [0, 0.05) is 40.3 Å². The van der Waals surface area contributed by atoms with Crippen molar-refractivity contribution in [2.75, 3.05) is 63.7 Å². The summed E-state index contributed by atoms with van der Waals surface area (Å²) in [6, 6.07) is 3.50. The number of hydrogen-bond acceptors (Lipinski definition) is 5. The van der Waals surface area contributed by atoms with Gasteiger partial charge < -0.3 is 20.3 Å². The van der Waals surface area contributed by atoms with E-state index < -0.39 is 0 Å². The van der Waals surface area contributed by atoms with Crippen molar-refractivity contribution in [1.29, 1.82) is 0 Å². The zero-order valence-corrected chi connectivity index (χ0v) is 12.6. The Morgan fingerprint density at radius 1 is 1.38 bits per heavy atom. The van der Waals surface area contributed by atoms with E-state index in [9.17, 15) is 4.79 Å². The van der Waals surface area contributed by atoms with E-state index in [4.69, 9.17) is 4.74 Å². The normalized spacial score (nSPS) is 15.5. The number of anilines is 2. The fourth-order valence-corrected chi connectivity index (χ4v) is 2.05. The lowest BCUT2D eigenvalue weighted by atomic mass is 10.4. The average molecular weight is 293 g/mol. The molecule has 2 amide bonds. The summed E-state index contributed by atoms with van der Waals surface area (Å²) in [4.78, 5) is 20.2. The molecule has 0 atom stereocenters. The van der Waals surface area contributed by atoms with Gasteiger partial charge in [0.1, 0.15) is 5.82 Å². The lowest BCUT2D eigenvalue weighted by Gasteiger charge is -2.26. The van der Waals surface area contributed by atoms with Crippen LogP contribution in [0.2, 0.25) is 0 Å². The van der Waals surface area contributed by atoms with Crippen LogP contribution in [0.1, 0.15) is 0 Å². The van der Waals surface area contributed by atoms with Gasteiger partial charge in [-0.1, -0.05) is 0 Å². The lowest BCUT2D eigenvalue weighted by molar-refractivity contribution is 0.0388. The SMILES string of the molecule is CN(C)c1ccc(NC(=O)NCCN2CCOCC2)cn1. The topological polar surface area (TPSA) is 69.7 Å². The lowest BCUT2D eigenvalue weighted by Crippen LogP contribution is -2.42. The summed E-state index contributed by atoms with van der Waals surface area (Å²) in [5, 5.41) is 5.62. The van der Waals surface area contributed by atoms with Crippen LogP contribution in [0.4, 0.5) is 16.3 Å². The van der Waals surface area contributed by atoms with Crippen LogP contribution in [0.5, 0.6) is 0 Å². The van der Waals surface area contributed by atoms with E-state index >= 15 is 0 Å². The summed E-state index contributed by atoms with van der Waals surface area (Å²) in [6.45, 7) is 4.87. The number of carbonyl (C=O) groups excluding carboxylic acids is 1. The predicted octanol–water partition coefficient (Wildman–Crippen LogP) is 0.601. The molecule has 0 unspecified atom stereocenters. The molecule has 21 heavy (non-hydrogen) atoms. The number of aromatic nitrogens is 1. The molecule has 7 heteroatoms. The third-order valence-corrected chi connectivity index (χ3v) is 3.28. The first-order valence-corrected chi connectivity index (χ1v) is 7.13. The second-order valence-electron chi connectivity index (χ2n) is 5.13. The molecule has 0 spiro atoms. The summed E-state index contributed by atoms with van der Waals surface area (Å²) < 4.78 is 5.28. The van der Waals surface area contributed by atoms with Crippen LogP contribution >= 0.6 is 0 Å². The second kappa shape index (κ2) is 7.80. The molecule has 2 rings (SSSR count). The van der Waals surface area contributed by atoms with Gasteiger partial charge in [-0.3, -0.25) is 4.90 Å². The average Bonchev–Trinajstić information content (AvgIpc) is 2.49. The first-order chi connectivity index (χ1) is 10.1. The van der Waals surface area contributed by atoms with Crippen LogP contribution in [0, 0.1) is 0 Å². The molecular weight excluding hydrogens is 270 g/mol. The maximum Gasteiger partial charge on any atom is 0.319 e. The fourth-order valence-electron chi connectivity index (χ4n) is 2.05. The van der Waals surface area contributed by atoms with E-state index in [2.05, 4.69) is 20.5 Å². The Morgan fingerprint density at radius 3 is 2.76 bits per heavy atom. The van der Waals surface area contributed by atoms with Crippen molar-refractivity contribution in [3.63, 3.8) is 0 Å². The van der Waals surface area contributed by atoms with Crippen molar-refractivity contribution in [1.82, 2.24) is 15.2 Å². The molecule has 1 saturated heterocycles. The number of urea groups is 1. The monoisotopic (exact) mass is 293 g/mol. The molecule has 2 heterocycles. The van der Waals surface area contributed by atoms with Crippen LogP contribution in [-0.4, -0.2) is 69.4 Å². The molecule has 1 aromatic heterocycles. The maximum absolute atomic E-state index is 11.8. The van der Waals surface area contributed by atoms with Gasteiger partial charge in [0.15, 0.2) is 0 Å². The minimum atomic E-state index is -0.206. The summed E-state index contributed by atoms with van der Waals surface area (Å²) in [5.41, 5.74) is 0.685. The summed E-state index contributed by atoms with van der Waals surface area (Å²) in [5.74, 6) is 0.855. The second-order valence-corrected chi connectivity index (χ2v) is 5.13. The van der Waals surface area contributed by atoms with Crippen molar-refractivity contribution in [3.05, 3.63) is 18.3 Å². The van der Waals surface area contributed by atoms with Gasteiger partial charge in [0.2, 0.25) is 0 Å². The summed E-state index contributed by atoms with van der Waals surface area (Å²) in [6.07, 6.45) is 1.65. The molecule has 0 bridgehead atoms. The van der Waals surface area contributed by atoms with Crippen LogP contribution in [-0.2, 0) is 4.74 Å². The van der Waals surface area contributed by atoms with Gasteiger partial charge in [0.25, 0.3) is 0 Å². The summed E-state index contributed by atoms with van der Waals surface area (Å²) >= 11 is 0. The molecule has 0 aromatic carbocycles. The smallest absolute Gasteiger partial charge is 0.319 e. The number of amides is 2. The van der Waals surface area contributed by atoms with Gasteiger partial charge >= 0.3 is 6.03 Å².